The van der Waals surface area contributed by atoms with E-state index in [9.17, 15) is 4.79 Å². The molecule has 122 valence electrons. The van der Waals surface area contributed by atoms with Crippen molar-refractivity contribution in [3.63, 3.8) is 0 Å². The van der Waals surface area contributed by atoms with Gasteiger partial charge in [-0.05, 0) is 18.1 Å². The summed E-state index contributed by atoms with van der Waals surface area (Å²) in [4.78, 5) is 11.3. The molecule has 23 heavy (non-hydrogen) atoms. The molecule has 0 aliphatic rings. The van der Waals surface area contributed by atoms with Crippen molar-refractivity contribution in [2.24, 2.45) is 5.92 Å². The summed E-state index contributed by atoms with van der Waals surface area (Å²) >= 11 is 6.28. The van der Waals surface area contributed by atoms with Crippen LogP contribution in [-0.2, 0) is 4.52 Å². The molecule has 1 unspecified atom stereocenters. The number of carbonyl (C=O) groups is 1. The van der Waals surface area contributed by atoms with Crippen molar-refractivity contribution in [3.05, 3.63) is 53.1 Å². The minimum Gasteiger partial charge on any atom is -0.494 e. The Morgan fingerprint density at radius 2 is 1.87 bits per heavy atom. The molecular formula is C18H20ClO3P. The third-order valence-corrected chi connectivity index (χ3v) is 5.33. The second kappa shape index (κ2) is 8.44. The summed E-state index contributed by atoms with van der Waals surface area (Å²) in [5.41, 5.74) is 0.437. The van der Waals surface area contributed by atoms with E-state index in [0.717, 1.165) is 16.9 Å². The van der Waals surface area contributed by atoms with Gasteiger partial charge in [-0.1, -0.05) is 55.8 Å². The summed E-state index contributed by atoms with van der Waals surface area (Å²) in [5.74, 6) is 0.820. The van der Waals surface area contributed by atoms with Crippen molar-refractivity contribution >= 4 is 36.6 Å². The monoisotopic (exact) mass is 350 g/mol. The lowest BCUT2D eigenvalue weighted by atomic mass is 10.2. The van der Waals surface area contributed by atoms with Crippen molar-refractivity contribution in [3.8, 4) is 5.75 Å². The third-order valence-electron chi connectivity index (χ3n) is 3.15. The molecule has 0 amide bonds. The van der Waals surface area contributed by atoms with E-state index in [4.69, 9.17) is 20.9 Å². The van der Waals surface area contributed by atoms with Crippen molar-refractivity contribution in [1.29, 1.82) is 0 Å². The molecule has 0 bridgehead atoms. The van der Waals surface area contributed by atoms with Crippen LogP contribution in [0, 0.1) is 5.92 Å². The number of rotatable bonds is 7. The van der Waals surface area contributed by atoms with Crippen LogP contribution in [0.5, 0.6) is 5.75 Å². The highest BCUT2D eigenvalue weighted by molar-refractivity contribution is 7.68. The van der Waals surface area contributed by atoms with E-state index in [2.05, 4.69) is 13.8 Å². The van der Waals surface area contributed by atoms with Crippen LogP contribution in [0.15, 0.2) is 42.5 Å². The highest BCUT2D eigenvalue weighted by atomic mass is 35.5. The molecule has 1 atom stereocenters. The largest absolute Gasteiger partial charge is 0.494 e. The standard InChI is InChI=1S/C18H20ClO3P/c1-13(2)12-22-23(15-7-5-4-6-8-15)16-9-14(11-20)18(21-3)17(19)10-16/h4-11,13H,12H2,1-3H3. The number of hydrogen-bond acceptors (Lipinski definition) is 3. The van der Waals surface area contributed by atoms with Crippen LogP contribution < -0.4 is 15.3 Å². The molecule has 0 aliphatic carbocycles. The molecule has 2 rings (SSSR count). The number of ether oxygens (including phenoxy) is 1. The van der Waals surface area contributed by atoms with E-state index in [0.29, 0.717) is 28.9 Å². The SMILES string of the molecule is COc1c(Cl)cc(P(OCC(C)C)c2ccccc2)cc1C=O. The maximum Gasteiger partial charge on any atom is 0.153 e. The predicted octanol–water partition coefficient (Wildman–Crippen LogP) is 4.18. The maximum absolute atomic E-state index is 11.3. The van der Waals surface area contributed by atoms with E-state index in [1.54, 1.807) is 6.07 Å². The Morgan fingerprint density at radius 1 is 1.17 bits per heavy atom. The lowest BCUT2D eigenvalue weighted by molar-refractivity contribution is 0.112. The maximum atomic E-state index is 11.3. The van der Waals surface area contributed by atoms with Crippen LogP contribution in [0.1, 0.15) is 24.2 Å². The van der Waals surface area contributed by atoms with Crippen molar-refractivity contribution in [2.45, 2.75) is 13.8 Å². The summed E-state index contributed by atoms with van der Waals surface area (Å²) in [6.45, 7) is 4.85. The first-order valence-corrected chi connectivity index (χ1v) is 9.01. The predicted molar refractivity (Wildman–Crippen MR) is 96.8 cm³/mol. The number of halogens is 1. The minimum atomic E-state index is -1.04. The molecule has 2 aromatic rings. The molecule has 5 heteroatoms. The Morgan fingerprint density at radius 3 is 2.43 bits per heavy atom. The molecule has 0 saturated heterocycles. The van der Waals surface area contributed by atoms with Gasteiger partial charge in [0.1, 0.15) is 5.75 Å². The Bertz CT molecular complexity index is 659. The summed E-state index contributed by atoms with van der Waals surface area (Å²) in [5, 5.41) is 2.41. The molecule has 2 aromatic carbocycles. The smallest absolute Gasteiger partial charge is 0.153 e. The Kier molecular flexibility index (Phi) is 6.59. The molecule has 0 aliphatic heterocycles. The molecule has 0 radical (unpaired) electrons. The van der Waals surface area contributed by atoms with Gasteiger partial charge in [0.25, 0.3) is 0 Å². The van der Waals surface area contributed by atoms with Gasteiger partial charge in [-0.15, -0.1) is 0 Å². The lowest BCUT2D eigenvalue weighted by Crippen LogP contribution is -2.16. The van der Waals surface area contributed by atoms with Crippen LogP contribution in [0.25, 0.3) is 0 Å². The van der Waals surface area contributed by atoms with Gasteiger partial charge < -0.3 is 9.26 Å². The number of benzene rings is 2. The number of hydrogen-bond donors (Lipinski definition) is 0. The summed E-state index contributed by atoms with van der Waals surface area (Å²) in [7, 11) is 0.465. The van der Waals surface area contributed by atoms with Crippen LogP contribution in [-0.4, -0.2) is 20.0 Å². The first kappa shape index (κ1) is 17.9. The molecular weight excluding hydrogens is 331 g/mol. The minimum absolute atomic E-state index is 0.400. The normalized spacial score (nSPS) is 12.2. The Labute approximate surface area is 143 Å². The zero-order valence-electron chi connectivity index (χ0n) is 13.5. The van der Waals surface area contributed by atoms with Crippen LogP contribution >= 0.6 is 19.7 Å². The summed E-state index contributed by atoms with van der Waals surface area (Å²) in [6.07, 6.45) is 0.759. The van der Waals surface area contributed by atoms with Gasteiger partial charge in [-0.3, -0.25) is 4.79 Å². The average Bonchev–Trinajstić information content (AvgIpc) is 2.55. The van der Waals surface area contributed by atoms with E-state index in [1.807, 2.05) is 36.4 Å². The molecule has 0 aromatic heterocycles. The number of aldehydes is 1. The van der Waals surface area contributed by atoms with Gasteiger partial charge in [0.05, 0.1) is 32.5 Å². The highest BCUT2D eigenvalue weighted by Gasteiger charge is 2.20. The molecule has 0 fully saturated rings. The summed E-state index contributed by atoms with van der Waals surface area (Å²) in [6, 6.07) is 13.6. The molecule has 0 N–H and O–H groups in total. The van der Waals surface area contributed by atoms with Crippen LogP contribution in [0.3, 0.4) is 0 Å². The van der Waals surface area contributed by atoms with Gasteiger partial charge in [0.15, 0.2) is 6.29 Å². The fraction of sp³-hybridized carbons (Fsp3) is 0.278. The van der Waals surface area contributed by atoms with E-state index in [-0.39, 0.29) is 0 Å². The number of methoxy groups -OCH3 is 1. The molecule has 0 spiro atoms. The Balaban J connectivity index is 2.46. The van der Waals surface area contributed by atoms with Crippen LogP contribution in [0.4, 0.5) is 0 Å². The highest BCUT2D eigenvalue weighted by Crippen LogP contribution is 2.38. The van der Waals surface area contributed by atoms with Gasteiger partial charge in [-0.2, -0.15) is 0 Å². The second-order valence-electron chi connectivity index (χ2n) is 5.49. The van der Waals surface area contributed by atoms with Gasteiger partial charge >= 0.3 is 0 Å². The molecule has 0 saturated carbocycles. The van der Waals surface area contributed by atoms with Gasteiger partial charge in [0.2, 0.25) is 0 Å². The average molecular weight is 351 g/mol. The first-order chi connectivity index (χ1) is 11.1. The van der Waals surface area contributed by atoms with E-state index >= 15 is 0 Å². The zero-order chi connectivity index (χ0) is 16.8. The summed E-state index contributed by atoms with van der Waals surface area (Å²) < 4.78 is 11.4. The Hall–Kier alpha value is -1.41. The molecule has 3 nitrogen and oxygen atoms in total. The second-order valence-corrected chi connectivity index (χ2v) is 7.77. The van der Waals surface area contributed by atoms with Crippen molar-refractivity contribution in [1.82, 2.24) is 0 Å². The van der Waals surface area contributed by atoms with Gasteiger partial charge in [-0.25, -0.2) is 0 Å². The van der Waals surface area contributed by atoms with E-state index in [1.165, 1.54) is 7.11 Å². The lowest BCUT2D eigenvalue weighted by Gasteiger charge is -2.21. The van der Waals surface area contributed by atoms with E-state index < -0.39 is 8.15 Å². The number of carbonyl (C=O) groups excluding carboxylic acids is 1. The molecule has 0 heterocycles. The van der Waals surface area contributed by atoms with Crippen molar-refractivity contribution in [2.75, 3.05) is 13.7 Å². The fourth-order valence-electron chi connectivity index (χ4n) is 2.11. The van der Waals surface area contributed by atoms with Crippen molar-refractivity contribution < 1.29 is 14.1 Å². The van der Waals surface area contributed by atoms with Crippen LogP contribution in [0.2, 0.25) is 5.02 Å². The zero-order valence-corrected chi connectivity index (χ0v) is 15.1. The van der Waals surface area contributed by atoms with Gasteiger partial charge in [0, 0.05) is 10.6 Å². The third kappa shape index (κ3) is 4.54. The first-order valence-electron chi connectivity index (χ1n) is 7.37. The topological polar surface area (TPSA) is 35.5 Å². The fourth-order valence-corrected chi connectivity index (χ4v) is 4.47. The quantitative estimate of drug-likeness (QED) is 0.555.